The lowest BCUT2D eigenvalue weighted by Crippen LogP contribution is -2.30. The highest BCUT2D eigenvalue weighted by Crippen LogP contribution is 2.43. The molecule has 3 heterocycles. The van der Waals surface area contributed by atoms with Gasteiger partial charge in [0.15, 0.2) is 5.11 Å². The van der Waals surface area contributed by atoms with Crippen LogP contribution in [0.15, 0.2) is 89.5 Å². The zero-order valence-corrected chi connectivity index (χ0v) is 19.0. The van der Waals surface area contributed by atoms with Gasteiger partial charge in [0.05, 0.1) is 30.1 Å². The molecule has 1 fully saturated rings. The van der Waals surface area contributed by atoms with E-state index in [0.717, 1.165) is 11.3 Å². The summed E-state index contributed by atoms with van der Waals surface area (Å²) in [6.45, 7) is 0. The first kappa shape index (κ1) is 21.8. The molecule has 4 aromatic rings. The Labute approximate surface area is 201 Å². The Balaban J connectivity index is 1.59. The van der Waals surface area contributed by atoms with Gasteiger partial charge in [0.1, 0.15) is 23.4 Å². The fourth-order valence-electron chi connectivity index (χ4n) is 4.13. The van der Waals surface area contributed by atoms with Gasteiger partial charge < -0.3 is 19.4 Å². The van der Waals surface area contributed by atoms with E-state index < -0.39 is 17.8 Å². The Morgan fingerprint density at radius 1 is 1.09 bits per heavy atom. The Bertz CT molecular complexity index is 1360. The van der Waals surface area contributed by atoms with Gasteiger partial charge in [-0.1, -0.05) is 30.3 Å². The third-order valence-electron chi connectivity index (χ3n) is 5.70. The number of carbonyl (C=O) groups excluding carboxylic acids is 1. The highest BCUT2D eigenvalue weighted by atomic mass is 32.1. The van der Waals surface area contributed by atoms with E-state index in [0.29, 0.717) is 27.9 Å². The summed E-state index contributed by atoms with van der Waals surface area (Å²) in [5.41, 5.74) is 2.23. The van der Waals surface area contributed by atoms with E-state index in [-0.39, 0.29) is 6.04 Å². The van der Waals surface area contributed by atoms with Crippen LogP contribution in [-0.2, 0) is 4.74 Å². The van der Waals surface area contributed by atoms with Crippen molar-refractivity contribution in [1.82, 2.24) is 10.3 Å². The van der Waals surface area contributed by atoms with Gasteiger partial charge >= 0.3 is 5.97 Å². The van der Waals surface area contributed by atoms with Gasteiger partial charge in [0.25, 0.3) is 0 Å². The highest BCUT2D eigenvalue weighted by Gasteiger charge is 2.43. The third-order valence-corrected chi connectivity index (χ3v) is 6.01. The number of hydrogen-bond donors (Lipinski definition) is 1. The number of ether oxygens (including phenoxy) is 1. The van der Waals surface area contributed by atoms with Gasteiger partial charge in [-0.3, -0.25) is 4.98 Å². The number of hydrogen-bond acceptors (Lipinski definition) is 5. The Hall–Kier alpha value is -4.04. The second kappa shape index (κ2) is 9.07. The normalized spacial score (nSPS) is 17.5. The number of thiocarbonyl (C=S) groups is 1. The minimum atomic E-state index is -0.489. The number of aromatic nitrogens is 1. The van der Waals surface area contributed by atoms with Crippen LogP contribution < -0.4 is 10.2 Å². The first-order valence-corrected chi connectivity index (χ1v) is 11.0. The molecule has 1 saturated heterocycles. The monoisotopic (exact) mass is 473 g/mol. The number of furan rings is 1. The van der Waals surface area contributed by atoms with Crippen molar-refractivity contribution in [2.45, 2.75) is 12.1 Å². The number of nitrogens with zero attached hydrogens (tertiary/aromatic N) is 2. The zero-order chi connectivity index (χ0) is 23.7. The molecule has 0 saturated carbocycles. The number of rotatable bonds is 5. The first-order valence-electron chi connectivity index (χ1n) is 10.6. The number of nitrogens with one attached hydrogen (secondary N) is 1. The summed E-state index contributed by atoms with van der Waals surface area (Å²) < 4.78 is 25.9. The summed E-state index contributed by atoms with van der Waals surface area (Å²) in [7, 11) is 1.34. The number of esters is 1. The summed E-state index contributed by atoms with van der Waals surface area (Å²) in [6.07, 6.45) is 1.70. The van der Waals surface area contributed by atoms with E-state index in [1.165, 1.54) is 13.2 Å². The smallest absolute Gasteiger partial charge is 0.337 e. The number of methoxy groups -OCH3 is 1. The number of para-hydroxylation sites is 1. The van der Waals surface area contributed by atoms with E-state index in [2.05, 4.69) is 10.3 Å². The summed E-state index contributed by atoms with van der Waals surface area (Å²) >= 11 is 5.62. The minimum absolute atomic E-state index is 0.342. The average molecular weight is 474 g/mol. The maximum absolute atomic E-state index is 14.8. The molecule has 2 aromatic carbocycles. The molecule has 0 aliphatic carbocycles. The van der Waals surface area contributed by atoms with Crippen LogP contribution in [0.5, 0.6) is 0 Å². The molecule has 5 rings (SSSR count). The van der Waals surface area contributed by atoms with Crippen LogP contribution >= 0.6 is 12.2 Å². The molecule has 6 nitrogen and oxygen atoms in total. The first-order chi connectivity index (χ1) is 16.6. The lowest BCUT2D eigenvalue weighted by Gasteiger charge is -2.26. The molecular formula is C26H20FN3O3S. The van der Waals surface area contributed by atoms with Crippen LogP contribution in [0, 0.1) is 5.82 Å². The van der Waals surface area contributed by atoms with Crippen molar-refractivity contribution in [2.24, 2.45) is 0 Å². The fourth-order valence-corrected chi connectivity index (χ4v) is 4.47. The predicted octanol–water partition coefficient (Wildman–Crippen LogP) is 5.44. The molecule has 2 atom stereocenters. The van der Waals surface area contributed by atoms with Crippen molar-refractivity contribution >= 4 is 29.0 Å². The molecule has 0 radical (unpaired) electrons. The molecule has 0 unspecified atom stereocenters. The summed E-state index contributed by atoms with van der Waals surface area (Å²) in [5, 5.41) is 3.65. The molecule has 8 heteroatoms. The van der Waals surface area contributed by atoms with Crippen LogP contribution in [0.25, 0.3) is 11.3 Å². The molecule has 0 spiro atoms. The zero-order valence-electron chi connectivity index (χ0n) is 18.1. The van der Waals surface area contributed by atoms with Gasteiger partial charge in [-0.15, -0.1) is 0 Å². The number of carbonyl (C=O) groups is 1. The predicted molar refractivity (Wildman–Crippen MR) is 130 cm³/mol. The highest BCUT2D eigenvalue weighted by molar-refractivity contribution is 7.80. The molecule has 1 aliphatic rings. The lowest BCUT2D eigenvalue weighted by molar-refractivity contribution is 0.0601. The van der Waals surface area contributed by atoms with Gasteiger partial charge in [-0.25, -0.2) is 9.18 Å². The Kier molecular flexibility index (Phi) is 5.81. The standard InChI is InChI=1S/C26H20FN3O3S/c1-32-25(31)17-8-6-7-16(15-17)21-12-13-22(33-21)24-23(19-10-4-5-14-28-19)29-26(34)30(24)20-11-3-2-9-18(20)27/h2-15,23-24H,1H3,(H,29,34)/t23-,24-/m1/s1. The quantitative estimate of drug-likeness (QED) is 0.306. The topological polar surface area (TPSA) is 67.6 Å². The Morgan fingerprint density at radius 3 is 2.68 bits per heavy atom. The molecule has 2 aromatic heterocycles. The molecule has 1 N–H and O–H groups in total. The average Bonchev–Trinajstić information content (AvgIpc) is 3.49. The minimum Gasteiger partial charge on any atom is -0.465 e. The molecule has 0 bridgehead atoms. The molecule has 170 valence electrons. The maximum atomic E-state index is 14.8. The van der Waals surface area contributed by atoms with E-state index >= 15 is 0 Å². The van der Waals surface area contributed by atoms with Gasteiger partial charge in [0, 0.05) is 11.8 Å². The molecule has 0 amide bonds. The number of anilines is 1. The van der Waals surface area contributed by atoms with Crippen LogP contribution in [0.2, 0.25) is 0 Å². The molecule has 34 heavy (non-hydrogen) atoms. The van der Waals surface area contributed by atoms with E-state index in [1.54, 1.807) is 47.5 Å². The van der Waals surface area contributed by atoms with E-state index in [4.69, 9.17) is 21.4 Å². The second-order valence-electron chi connectivity index (χ2n) is 7.72. The van der Waals surface area contributed by atoms with E-state index in [1.807, 2.05) is 36.4 Å². The lowest BCUT2D eigenvalue weighted by atomic mass is 10.0. The summed E-state index contributed by atoms with van der Waals surface area (Å²) in [5.74, 6) is 0.312. The number of benzene rings is 2. The van der Waals surface area contributed by atoms with Gasteiger partial charge in [-0.05, 0) is 60.7 Å². The van der Waals surface area contributed by atoms with Crippen molar-refractivity contribution in [2.75, 3.05) is 12.0 Å². The van der Waals surface area contributed by atoms with Crippen LogP contribution in [0.4, 0.5) is 10.1 Å². The SMILES string of the molecule is COC(=O)c1cccc(-c2ccc([C@@H]3[C@@H](c4ccccn4)NC(=S)N3c3ccccc3F)o2)c1. The maximum Gasteiger partial charge on any atom is 0.337 e. The summed E-state index contributed by atoms with van der Waals surface area (Å²) in [6, 6.07) is 21.9. The van der Waals surface area contributed by atoms with E-state index in [9.17, 15) is 9.18 Å². The molecular weight excluding hydrogens is 453 g/mol. The van der Waals surface area contributed by atoms with Crippen LogP contribution in [0.3, 0.4) is 0 Å². The van der Waals surface area contributed by atoms with Crippen LogP contribution in [0.1, 0.15) is 33.9 Å². The fraction of sp³-hybridized carbons (Fsp3) is 0.115. The number of pyridine rings is 1. The number of halogens is 1. The largest absolute Gasteiger partial charge is 0.465 e. The van der Waals surface area contributed by atoms with Crippen molar-refractivity contribution in [3.8, 4) is 11.3 Å². The van der Waals surface area contributed by atoms with Crippen molar-refractivity contribution in [3.05, 3.63) is 108 Å². The second-order valence-corrected chi connectivity index (χ2v) is 8.11. The van der Waals surface area contributed by atoms with Crippen molar-refractivity contribution in [1.29, 1.82) is 0 Å². The third kappa shape index (κ3) is 3.92. The van der Waals surface area contributed by atoms with Crippen LogP contribution in [-0.4, -0.2) is 23.2 Å². The van der Waals surface area contributed by atoms with Gasteiger partial charge in [-0.2, -0.15) is 0 Å². The molecule has 1 aliphatic heterocycles. The summed E-state index contributed by atoms with van der Waals surface area (Å²) in [4.78, 5) is 18.2. The Morgan fingerprint density at radius 2 is 1.91 bits per heavy atom. The van der Waals surface area contributed by atoms with Gasteiger partial charge in [0.2, 0.25) is 0 Å². The van der Waals surface area contributed by atoms with Crippen molar-refractivity contribution < 1.29 is 18.3 Å². The van der Waals surface area contributed by atoms with Crippen molar-refractivity contribution in [3.63, 3.8) is 0 Å².